The van der Waals surface area contributed by atoms with Gasteiger partial charge in [-0.05, 0) is 12.8 Å². The van der Waals surface area contributed by atoms with Crippen molar-refractivity contribution in [3.63, 3.8) is 0 Å². The van der Waals surface area contributed by atoms with E-state index in [-0.39, 0.29) is 29.7 Å². The fourth-order valence-corrected chi connectivity index (χ4v) is 4.00. The SMILES string of the molecule is [CH3-].[CH3-].[CH3-].[CH3-].[SiH2]=[Ti].[c-]1cccc2c1Cc1ccccc1-2.[c-]1cccc2c1Cc1ccccc1-2. The van der Waals surface area contributed by atoms with Crippen molar-refractivity contribution >= 4 is 7.63 Å². The predicted octanol–water partition coefficient (Wildman–Crippen LogP) is 7.00. The molecule has 0 nitrogen and oxygen atoms in total. The molecule has 0 spiro atoms. The number of fused-ring (bicyclic) bond motifs is 6. The summed E-state index contributed by atoms with van der Waals surface area (Å²) in [5, 5.41) is 0. The van der Waals surface area contributed by atoms with E-state index in [9.17, 15) is 0 Å². The van der Waals surface area contributed by atoms with Crippen molar-refractivity contribution in [2.45, 2.75) is 12.8 Å². The minimum Gasteiger partial charge on any atom is -0.179 e. The molecule has 2 aliphatic rings. The van der Waals surface area contributed by atoms with E-state index in [1.165, 1.54) is 44.5 Å². The van der Waals surface area contributed by atoms with Crippen LogP contribution in [-0.2, 0) is 32.0 Å². The molecule has 0 heterocycles. The van der Waals surface area contributed by atoms with Crippen LogP contribution in [0.15, 0.2) is 84.9 Å². The second-order valence-corrected chi connectivity index (χ2v) is 6.79. The van der Waals surface area contributed by atoms with Gasteiger partial charge in [0.15, 0.2) is 0 Å². The third kappa shape index (κ3) is 5.98. The van der Waals surface area contributed by atoms with Crippen LogP contribution in [0.5, 0.6) is 0 Å². The van der Waals surface area contributed by atoms with Crippen molar-refractivity contribution in [2.24, 2.45) is 0 Å². The maximum absolute atomic E-state index is 3.30. The van der Waals surface area contributed by atoms with Gasteiger partial charge in [0.2, 0.25) is 0 Å². The first-order valence-electron chi connectivity index (χ1n) is 9.41. The van der Waals surface area contributed by atoms with E-state index in [2.05, 4.69) is 84.9 Å². The second-order valence-electron chi connectivity index (χ2n) is 6.79. The van der Waals surface area contributed by atoms with Crippen molar-refractivity contribution in [1.82, 2.24) is 0 Å². The monoisotopic (exact) mass is 468 g/mol. The average Bonchev–Trinajstić information content (AvgIpc) is 3.34. The summed E-state index contributed by atoms with van der Waals surface area (Å²) in [5.74, 6) is 0. The minimum absolute atomic E-state index is 0. The van der Waals surface area contributed by atoms with Crippen molar-refractivity contribution in [2.75, 3.05) is 0 Å². The van der Waals surface area contributed by atoms with E-state index >= 15 is 0 Å². The molecule has 0 aromatic heterocycles. The predicted molar refractivity (Wildman–Crippen MR) is 141 cm³/mol. The van der Waals surface area contributed by atoms with Crippen LogP contribution in [0.4, 0.5) is 0 Å². The summed E-state index contributed by atoms with van der Waals surface area (Å²) < 4.78 is 0. The van der Waals surface area contributed by atoms with Crippen LogP contribution in [0.2, 0.25) is 0 Å². The minimum atomic E-state index is 0. The van der Waals surface area contributed by atoms with Gasteiger partial charge in [0, 0.05) is 0 Å². The summed E-state index contributed by atoms with van der Waals surface area (Å²) in [6.45, 7) is 0. The normalized spacial score (nSPS) is 10.1. The first kappa shape index (κ1) is 29.8. The molecule has 4 aromatic rings. The molecule has 4 aromatic carbocycles. The molecule has 32 heavy (non-hydrogen) atoms. The fraction of sp³-hybridized carbons (Fsp3) is 0.0667. The molecule has 2 aliphatic carbocycles. The van der Waals surface area contributed by atoms with Crippen molar-refractivity contribution in [3.05, 3.63) is 149 Å². The Morgan fingerprint density at radius 1 is 0.500 bits per heavy atom. The van der Waals surface area contributed by atoms with Gasteiger partial charge in [-0.3, -0.25) is 0 Å². The van der Waals surface area contributed by atoms with E-state index in [4.69, 9.17) is 0 Å². The van der Waals surface area contributed by atoms with E-state index < -0.39 is 0 Å². The molecule has 0 bridgehead atoms. The average molecular weight is 469 g/mol. The molecule has 0 saturated carbocycles. The van der Waals surface area contributed by atoms with Crippen LogP contribution >= 0.6 is 0 Å². The zero-order valence-electron chi connectivity index (χ0n) is 19.7. The number of hydrogen-bond acceptors (Lipinski definition) is 0. The van der Waals surface area contributed by atoms with Gasteiger partial charge in [-0.2, -0.15) is 59.7 Å². The Labute approximate surface area is 210 Å². The Bertz CT molecular complexity index is 941. The quantitative estimate of drug-likeness (QED) is 0.166. The summed E-state index contributed by atoms with van der Waals surface area (Å²) in [4.78, 5) is 0. The zero-order valence-corrected chi connectivity index (χ0v) is 22.7. The molecule has 0 amide bonds. The van der Waals surface area contributed by atoms with E-state index in [1.54, 1.807) is 0 Å². The molecule has 0 fully saturated rings. The molecule has 0 unspecified atom stereocenters. The van der Waals surface area contributed by atoms with Gasteiger partial charge >= 0.3 is 26.8 Å². The standard InChI is InChI=1S/2C13H9.4CH3.H2Si.Ti/c2*1-3-7-12-10(5-1)9-11-6-2-4-8-13(11)12;;;;;;/h2*1-5,7-8H,9H2;4*1H3;1H2;/q6*-1;;. The van der Waals surface area contributed by atoms with Crippen molar-refractivity contribution < 1.29 is 19.2 Å². The third-order valence-corrected chi connectivity index (χ3v) is 5.23. The summed E-state index contributed by atoms with van der Waals surface area (Å²) >= 11 is 2.03. The Hall–Kier alpha value is -2.19. The van der Waals surface area contributed by atoms with E-state index in [0.717, 1.165) is 12.8 Å². The number of rotatable bonds is 0. The van der Waals surface area contributed by atoms with Gasteiger partial charge in [-0.1, -0.05) is 70.8 Å². The van der Waals surface area contributed by atoms with Crippen LogP contribution in [-0.4, -0.2) is 7.63 Å². The Morgan fingerprint density at radius 2 is 0.844 bits per heavy atom. The van der Waals surface area contributed by atoms with Gasteiger partial charge in [0.1, 0.15) is 0 Å². The Morgan fingerprint density at radius 3 is 1.25 bits per heavy atom. The van der Waals surface area contributed by atoms with Crippen LogP contribution < -0.4 is 0 Å². The van der Waals surface area contributed by atoms with Gasteiger partial charge in [-0.15, -0.1) is 11.1 Å². The van der Waals surface area contributed by atoms with Crippen LogP contribution in [0.25, 0.3) is 22.3 Å². The molecule has 166 valence electrons. The molecule has 0 saturated heterocycles. The third-order valence-electron chi connectivity index (χ3n) is 5.23. The molecule has 0 atom stereocenters. The van der Waals surface area contributed by atoms with E-state index in [0.29, 0.717) is 0 Å². The number of hydrogen-bond donors (Lipinski definition) is 0. The molecule has 0 N–H and O–H groups in total. The van der Waals surface area contributed by atoms with Gasteiger partial charge in [0.05, 0.1) is 0 Å². The van der Waals surface area contributed by atoms with Crippen LogP contribution in [0.1, 0.15) is 22.3 Å². The van der Waals surface area contributed by atoms with Gasteiger partial charge < -0.3 is 29.7 Å². The van der Waals surface area contributed by atoms with Gasteiger partial charge in [0.25, 0.3) is 0 Å². The molecule has 0 aliphatic heterocycles. The smallest absolute Gasteiger partial charge is 0.0253 e. The first-order chi connectivity index (χ1) is 13.9. The maximum Gasteiger partial charge on any atom is -0.0253 e. The molecular formula is C30H32SiTi-6. The second kappa shape index (κ2) is 14.1. The van der Waals surface area contributed by atoms with Gasteiger partial charge in [-0.25, -0.2) is 0 Å². The topological polar surface area (TPSA) is 0 Å². The fourth-order valence-electron chi connectivity index (χ4n) is 4.00. The Balaban J connectivity index is 0.000000500. The molecule has 6 rings (SSSR count). The molecule has 0 radical (unpaired) electrons. The zero-order chi connectivity index (χ0) is 19.3. The largest absolute Gasteiger partial charge is 0.179 e. The Kier molecular flexibility index (Phi) is 13.1. The summed E-state index contributed by atoms with van der Waals surface area (Å²) in [6, 6.07) is 36.2. The maximum atomic E-state index is 3.30. The van der Waals surface area contributed by atoms with E-state index in [1.807, 2.05) is 38.9 Å². The van der Waals surface area contributed by atoms with Crippen molar-refractivity contribution in [3.8, 4) is 22.3 Å². The summed E-state index contributed by atoms with van der Waals surface area (Å²) in [5.41, 5.74) is 11.0. The van der Waals surface area contributed by atoms with Crippen LogP contribution in [0, 0.1) is 41.8 Å². The first-order valence-corrected chi connectivity index (χ1v) is 13.4. The van der Waals surface area contributed by atoms with Crippen LogP contribution in [0.3, 0.4) is 0 Å². The van der Waals surface area contributed by atoms with Crippen molar-refractivity contribution in [1.29, 1.82) is 0 Å². The summed E-state index contributed by atoms with van der Waals surface area (Å²) in [7, 11) is 1.86. The molecular weight excluding hydrogens is 436 g/mol. The number of benzene rings is 4. The summed E-state index contributed by atoms with van der Waals surface area (Å²) in [6.07, 6.45) is 2.10. The molecule has 2 heteroatoms.